The Balaban J connectivity index is 2.54. The van der Waals surface area contributed by atoms with E-state index in [4.69, 9.17) is 17.3 Å². The number of nitrogen functional groups attached to an aromatic ring is 1. The molecule has 0 saturated heterocycles. The van der Waals surface area contributed by atoms with E-state index >= 15 is 0 Å². The summed E-state index contributed by atoms with van der Waals surface area (Å²) in [6.45, 7) is 0. The van der Waals surface area contributed by atoms with Crippen LogP contribution in [0.15, 0.2) is 18.2 Å². The molecule has 0 spiro atoms. The van der Waals surface area contributed by atoms with Crippen LogP contribution in [0.2, 0.25) is 5.02 Å². The first-order chi connectivity index (χ1) is 8.00. The van der Waals surface area contributed by atoms with Crippen molar-refractivity contribution in [3.8, 4) is 11.3 Å². The number of hydrogen-bond acceptors (Lipinski definition) is 4. The summed E-state index contributed by atoms with van der Waals surface area (Å²) < 4.78 is 13.6. The quantitative estimate of drug-likeness (QED) is 0.636. The highest BCUT2D eigenvalue weighted by Gasteiger charge is 2.17. The van der Waals surface area contributed by atoms with Gasteiger partial charge in [0.1, 0.15) is 22.4 Å². The van der Waals surface area contributed by atoms with Crippen LogP contribution < -0.4 is 5.73 Å². The number of nitrogens with one attached hydrogen (secondary N) is 1. The van der Waals surface area contributed by atoms with Crippen molar-refractivity contribution in [1.29, 1.82) is 0 Å². The lowest BCUT2D eigenvalue weighted by Crippen LogP contribution is -1.91. The number of non-ortho nitro benzene ring substituents is 1. The van der Waals surface area contributed by atoms with Crippen molar-refractivity contribution >= 4 is 23.1 Å². The number of nitrogens with zero attached hydrogens (tertiary/aromatic N) is 2. The molecule has 3 N–H and O–H groups in total. The lowest BCUT2D eigenvalue weighted by Gasteiger charge is -1.99. The molecule has 0 radical (unpaired) electrons. The molecule has 1 heterocycles. The third kappa shape index (κ3) is 1.92. The second-order valence-corrected chi connectivity index (χ2v) is 3.60. The maximum atomic E-state index is 13.6. The molecule has 17 heavy (non-hydrogen) atoms. The molecule has 0 aliphatic carbocycles. The van der Waals surface area contributed by atoms with Gasteiger partial charge in [0.25, 0.3) is 5.69 Å². The smallest absolute Gasteiger partial charge is 0.272 e. The van der Waals surface area contributed by atoms with Crippen molar-refractivity contribution in [3.05, 3.63) is 39.2 Å². The van der Waals surface area contributed by atoms with Gasteiger partial charge in [0.05, 0.1) is 11.0 Å². The van der Waals surface area contributed by atoms with E-state index in [1.54, 1.807) is 0 Å². The summed E-state index contributed by atoms with van der Waals surface area (Å²) in [6.07, 6.45) is 0. The highest BCUT2D eigenvalue weighted by molar-refractivity contribution is 6.35. The van der Waals surface area contributed by atoms with Gasteiger partial charge in [-0.05, 0) is 6.07 Å². The van der Waals surface area contributed by atoms with Gasteiger partial charge in [0.2, 0.25) is 0 Å². The summed E-state index contributed by atoms with van der Waals surface area (Å²) >= 11 is 5.80. The van der Waals surface area contributed by atoms with Gasteiger partial charge in [-0.3, -0.25) is 15.2 Å². The Morgan fingerprint density at radius 1 is 1.53 bits per heavy atom. The molecule has 0 saturated carbocycles. The minimum absolute atomic E-state index is 0.0496. The maximum absolute atomic E-state index is 13.6. The average molecular weight is 257 g/mol. The van der Waals surface area contributed by atoms with E-state index in [0.29, 0.717) is 0 Å². The third-order valence-electron chi connectivity index (χ3n) is 2.15. The van der Waals surface area contributed by atoms with Crippen molar-refractivity contribution in [3.63, 3.8) is 0 Å². The first-order valence-corrected chi connectivity index (χ1v) is 4.82. The normalized spacial score (nSPS) is 10.5. The zero-order valence-electron chi connectivity index (χ0n) is 8.28. The average Bonchev–Trinajstić information content (AvgIpc) is 2.60. The Labute approximate surface area is 99.3 Å². The predicted molar refractivity (Wildman–Crippen MR) is 60.1 cm³/mol. The van der Waals surface area contributed by atoms with Crippen LogP contribution in [-0.4, -0.2) is 15.1 Å². The zero-order chi connectivity index (χ0) is 12.6. The van der Waals surface area contributed by atoms with E-state index in [2.05, 4.69) is 10.2 Å². The number of benzene rings is 1. The number of aromatic amines is 1. The van der Waals surface area contributed by atoms with E-state index in [1.165, 1.54) is 12.1 Å². The largest absolute Gasteiger partial charge is 0.383 e. The molecule has 0 aliphatic heterocycles. The van der Waals surface area contributed by atoms with Gasteiger partial charge in [0.15, 0.2) is 0 Å². The zero-order valence-corrected chi connectivity index (χ0v) is 9.03. The number of hydrogen-bond donors (Lipinski definition) is 2. The van der Waals surface area contributed by atoms with Crippen LogP contribution in [0.3, 0.4) is 0 Å². The van der Waals surface area contributed by atoms with Gasteiger partial charge in [-0.15, -0.1) is 0 Å². The van der Waals surface area contributed by atoms with Crippen molar-refractivity contribution < 1.29 is 9.31 Å². The molecule has 0 unspecified atom stereocenters. The fraction of sp³-hybridized carbons (Fsp3) is 0. The van der Waals surface area contributed by atoms with Crippen LogP contribution >= 0.6 is 11.6 Å². The second kappa shape index (κ2) is 4.02. The number of halogens is 2. The van der Waals surface area contributed by atoms with Gasteiger partial charge in [-0.25, -0.2) is 4.39 Å². The molecule has 1 aromatic heterocycles. The van der Waals surface area contributed by atoms with Crippen LogP contribution in [0.4, 0.5) is 15.9 Å². The number of anilines is 1. The number of rotatable bonds is 2. The lowest BCUT2D eigenvalue weighted by molar-refractivity contribution is -0.385. The summed E-state index contributed by atoms with van der Waals surface area (Å²) in [6, 6.07) is 3.20. The summed E-state index contributed by atoms with van der Waals surface area (Å²) in [4.78, 5) is 9.76. The summed E-state index contributed by atoms with van der Waals surface area (Å²) in [7, 11) is 0. The van der Waals surface area contributed by atoms with Crippen molar-refractivity contribution in [1.82, 2.24) is 10.2 Å². The number of nitro benzene ring substituents is 1. The topological polar surface area (TPSA) is 97.8 Å². The fourth-order valence-corrected chi connectivity index (χ4v) is 1.52. The Morgan fingerprint density at radius 2 is 2.24 bits per heavy atom. The highest BCUT2D eigenvalue weighted by atomic mass is 35.5. The molecule has 0 aliphatic rings. The highest BCUT2D eigenvalue weighted by Crippen LogP contribution is 2.32. The molecule has 1 aromatic carbocycles. The van der Waals surface area contributed by atoms with Gasteiger partial charge in [-0.2, -0.15) is 5.10 Å². The monoisotopic (exact) mass is 256 g/mol. The Bertz CT molecular complexity index is 599. The van der Waals surface area contributed by atoms with E-state index < -0.39 is 10.7 Å². The molecule has 0 bridgehead atoms. The molecule has 88 valence electrons. The maximum Gasteiger partial charge on any atom is 0.272 e. The fourth-order valence-electron chi connectivity index (χ4n) is 1.33. The molecule has 0 fully saturated rings. The third-order valence-corrected chi connectivity index (χ3v) is 2.53. The minimum atomic E-state index is -0.785. The first kappa shape index (κ1) is 11.3. The van der Waals surface area contributed by atoms with Crippen molar-refractivity contribution in [2.45, 2.75) is 0 Å². The molecule has 0 amide bonds. The Hall–Kier alpha value is -2.15. The van der Waals surface area contributed by atoms with Crippen molar-refractivity contribution in [2.24, 2.45) is 0 Å². The van der Waals surface area contributed by atoms with Crippen LogP contribution in [0.5, 0.6) is 0 Å². The molecule has 2 rings (SSSR count). The molecule has 0 atom stereocenters. The summed E-state index contributed by atoms with van der Waals surface area (Å²) in [5.74, 6) is -0.674. The molecule has 6 nitrogen and oxygen atoms in total. The van der Waals surface area contributed by atoms with E-state index in [1.807, 2.05) is 0 Å². The number of nitro groups is 1. The molecule has 8 heteroatoms. The van der Waals surface area contributed by atoms with Gasteiger partial charge in [0, 0.05) is 11.6 Å². The SMILES string of the molecule is Nc1[nH]nc(-c2ccc([N+](=O)[O-])cc2F)c1Cl. The van der Waals surface area contributed by atoms with E-state index in [9.17, 15) is 14.5 Å². The van der Waals surface area contributed by atoms with Gasteiger partial charge in [-0.1, -0.05) is 11.6 Å². The van der Waals surface area contributed by atoms with Crippen LogP contribution in [0.25, 0.3) is 11.3 Å². The standard InChI is InChI=1S/C9H6ClFN4O2/c10-7-8(13-14-9(7)12)5-2-1-4(15(16)17)3-6(5)11/h1-3H,(H3,12,13,14). The van der Waals surface area contributed by atoms with Crippen LogP contribution in [0, 0.1) is 15.9 Å². The van der Waals surface area contributed by atoms with Gasteiger partial charge >= 0.3 is 0 Å². The number of nitrogens with two attached hydrogens (primary N) is 1. The predicted octanol–water partition coefficient (Wildman–Crippen LogP) is 2.36. The second-order valence-electron chi connectivity index (χ2n) is 3.22. The van der Waals surface area contributed by atoms with Crippen LogP contribution in [-0.2, 0) is 0 Å². The van der Waals surface area contributed by atoms with E-state index in [0.717, 1.165) is 6.07 Å². The number of aromatic nitrogens is 2. The number of H-pyrrole nitrogens is 1. The Kier molecular flexibility index (Phi) is 2.68. The summed E-state index contributed by atoms with van der Waals surface area (Å²) in [5.41, 5.74) is 5.26. The van der Waals surface area contributed by atoms with Gasteiger partial charge < -0.3 is 5.73 Å². The molecule has 2 aromatic rings. The first-order valence-electron chi connectivity index (χ1n) is 4.44. The van der Waals surface area contributed by atoms with E-state index in [-0.39, 0.29) is 27.8 Å². The minimum Gasteiger partial charge on any atom is -0.383 e. The van der Waals surface area contributed by atoms with Crippen LogP contribution in [0.1, 0.15) is 0 Å². The molecular formula is C9H6ClFN4O2. The lowest BCUT2D eigenvalue weighted by atomic mass is 10.1. The Morgan fingerprint density at radius 3 is 2.71 bits per heavy atom. The van der Waals surface area contributed by atoms with Crippen molar-refractivity contribution in [2.75, 3.05) is 5.73 Å². The summed E-state index contributed by atoms with van der Waals surface area (Å²) in [5, 5.41) is 16.6. The molecular weight excluding hydrogens is 251 g/mol.